The van der Waals surface area contributed by atoms with Gasteiger partial charge in [-0.25, -0.2) is 4.79 Å². The van der Waals surface area contributed by atoms with E-state index in [-0.39, 0.29) is 30.4 Å². The average Bonchev–Trinajstić information content (AvgIpc) is 3.50. The molecule has 2 aliphatic rings. The highest BCUT2D eigenvalue weighted by atomic mass is 16.5. The zero-order valence-electron chi connectivity index (χ0n) is 20.0. The van der Waals surface area contributed by atoms with Gasteiger partial charge in [-0.3, -0.25) is 14.6 Å². The minimum Gasteiger partial charge on any atom is -0.487 e. The predicted molar refractivity (Wildman–Crippen MR) is 133 cm³/mol. The summed E-state index contributed by atoms with van der Waals surface area (Å²) in [6.45, 7) is 0.933. The van der Waals surface area contributed by atoms with Gasteiger partial charge in [0, 0.05) is 37.1 Å². The van der Waals surface area contributed by atoms with Crippen molar-refractivity contribution in [1.29, 1.82) is 0 Å². The number of hydrogen-bond acceptors (Lipinski definition) is 6. The molecule has 8 nitrogen and oxygen atoms in total. The van der Waals surface area contributed by atoms with E-state index in [0.29, 0.717) is 37.2 Å². The third-order valence-corrected chi connectivity index (χ3v) is 6.64. The quantitative estimate of drug-likeness (QED) is 0.517. The Morgan fingerprint density at radius 2 is 1.92 bits per heavy atom. The van der Waals surface area contributed by atoms with E-state index in [2.05, 4.69) is 10.3 Å². The van der Waals surface area contributed by atoms with Crippen LogP contribution in [0.5, 0.6) is 5.75 Å². The van der Waals surface area contributed by atoms with Crippen molar-refractivity contribution in [2.45, 2.75) is 24.9 Å². The van der Waals surface area contributed by atoms with Gasteiger partial charge in [-0.2, -0.15) is 0 Å². The van der Waals surface area contributed by atoms with Crippen LogP contribution in [0.25, 0.3) is 11.3 Å². The van der Waals surface area contributed by atoms with Crippen molar-refractivity contribution in [3.05, 3.63) is 83.6 Å². The fourth-order valence-electron chi connectivity index (χ4n) is 4.78. The van der Waals surface area contributed by atoms with E-state index in [0.717, 1.165) is 22.4 Å². The largest absolute Gasteiger partial charge is 0.487 e. The number of ether oxygens (including phenoxy) is 2. The van der Waals surface area contributed by atoms with E-state index >= 15 is 0 Å². The Hall–Kier alpha value is -4.20. The van der Waals surface area contributed by atoms with E-state index in [4.69, 9.17) is 9.47 Å². The molecule has 3 aromatic rings. The van der Waals surface area contributed by atoms with Crippen LogP contribution in [0.2, 0.25) is 0 Å². The number of amides is 2. The molecule has 0 bridgehead atoms. The highest BCUT2D eigenvalue weighted by Gasteiger charge is 2.32. The molecule has 0 radical (unpaired) electrons. The van der Waals surface area contributed by atoms with Crippen molar-refractivity contribution in [3.63, 3.8) is 0 Å². The molecule has 2 aliphatic heterocycles. The zero-order chi connectivity index (χ0) is 25.1. The molecule has 1 fully saturated rings. The van der Waals surface area contributed by atoms with Gasteiger partial charge < -0.3 is 19.7 Å². The fourth-order valence-corrected chi connectivity index (χ4v) is 4.78. The Morgan fingerprint density at radius 3 is 2.67 bits per heavy atom. The number of pyridine rings is 1. The summed E-state index contributed by atoms with van der Waals surface area (Å²) < 4.78 is 10.9. The van der Waals surface area contributed by atoms with Gasteiger partial charge in [0.15, 0.2) is 0 Å². The third-order valence-electron chi connectivity index (χ3n) is 6.64. The highest BCUT2D eigenvalue weighted by Crippen LogP contribution is 2.38. The highest BCUT2D eigenvalue weighted by molar-refractivity contribution is 5.89. The number of rotatable bonds is 7. The van der Waals surface area contributed by atoms with Crippen molar-refractivity contribution < 1.29 is 23.9 Å². The second-order valence-electron chi connectivity index (χ2n) is 9.05. The summed E-state index contributed by atoms with van der Waals surface area (Å²) in [5.41, 5.74) is 4.04. The molecule has 8 heteroatoms. The Morgan fingerprint density at radius 1 is 1.08 bits per heavy atom. The summed E-state index contributed by atoms with van der Waals surface area (Å²) >= 11 is 0. The number of para-hydroxylation sites is 1. The number of likely N-dealkylation sites (tertiary alicyclic amines) is 1. The third kappa shape index (κ3) is 4.93. The minimum atomic E-state index is -0.439. The van der Waals surface area contributed by atoms with Gasteiger partial charge in [-0.1, -0.05) is 42.5 Å². The van der Waals surface area contributed by atoms with Gasteiger partial charge >= 0.3 is 5.97 Å². The summed E-state index contributed by atoms with van der Waals surface area (Å²) in [6, 6.07) is 19.2. The van der Waals surface area contributed by atoms with E-state index < -0.39 is 5.97 Å². The average molecular weight is 486 g/mol. The Balaban J connectivity index is 1.16. The number of methoxy groups -OCH3 is 1. The molecule has 2 aromatic carbocycles. The molecule has 1 saturated heterocycles. The first kappa shape index (κ1) is 23.5. The van der Waals surface area contributed by atoms with Crippen molar-refractivity contribution in [3.8, 4) is 17.0 Å². The van der Waals surface area contributed by atoms with E-state index in [1.807, 2.05) is 48.5 Å². The predicted octanol–water partition coefficient (Wildman–Crippen LogP) is 2.97. The van der Waals surface area contributed by atoms with E-state index in [1.54, 1.807) is 17.0 Å². The number of carbonyl (C=O) groups is 3. The number of hydrogen-bond donors (Lipinski definition) is 1. The first-order chi connectivity index (χ1) is 17.5. The van der Waals surface area contributed by atoms with Crippen LogP contribution in [0.15, 0.2) is 66.9 Å². The zero-order valence-corrected chi connectivity index (χ0v) is 20.0. The van der Waals surface area contributed by atoms with Crippen LogP contribution in [-0.4, -0.2) is 60.5 Å². The van der Waals surface area contributed by atoms with Gasteiger partial charge in [0.05, 0.1) is 31.5 Å². The molecule has 0 saturated carbocycles. The number of carbonyl (C=O) groups excluding carboxylic acids is 3. The van der Waals surface area contributed by atoms with Crippen molar-refractivity contribution >= 4 is 17.8 Å². The summed E-state index contributed by atoms with van der Waals surface area (Å²) in [5.74, 6) is 0.213. The Bertz CT molecular complexity index is 1280. The van der Waals surface area contributed by atoms with Crippen molar-refractivity contribution in [1.82, 2.24) is 15.2 Å². The first-order valence-corrected chi connectivity index (χ1v) is 11.9. The maximum Gasteiger partial charge on any atom is 0.339 e. The molecule has 36 heavy (non-hydrogen) atoms. The van der Waals surface area contributed by atoms with Crippen LogP contribution in [0, 0.1) is 0 Å². The summed E-state index contributed by atoms with van der Waals surface area (Å²) in [4.78, 5) is 42.8. The Kier molecular flexibility index (Phi) is 6.66. The lowest BCUT2D eigenvalue weighted by molar-refractivity contribution is -0.133. The SMILES string of the molecule is COC(=O)c1ccc(-c2cccc3c2O[C@H](CNC(=O)CN2C[C@@H](c4ccccc4)CC2=O)C3)nc1. The van der Waals surface area contributed by atoms with Crippen LogP contribution in [0.4, 0.5) is 0 Å². The van der Waals surface area contributed by atoms with Gasteiger partial charge in [-0.05, 0) is 29.3 Å². The molecule has 184 valence electrons. The van der Waals surface area contributed by atoms with Gasteiger partial charge in [0.2, 0.25) is 11.8 Å². The normalized spacial score (nSPS) is 18.5. The lowest BCUT2D eigenvalue weighted by Crippen LogP contribution is -2.41. The maximum atomic E-state index is 12.6. The van der Waals surface area contributed by atoms with Crippen molar-refractivity contribution in [2.24, 2.45) is 0 Å². The molecule has 2 atom stereocenters. The summed E-state index contributed by atoms with van der Waals surface area (Å²) in [5, 5.41) is 2.92. The van der Waals surface area contributed by atoms with Gasteiger partial charge in [-0.15, -0.1) is 0 Å². The lowest BCUT2D eigenvalue weighted by atomic mass is 9.99. The molecule has 0 spiro atoms. The Labute approximate surface area is 209 Å². The second-order valence-corrected chi connectivity index (χ2v) is 9.05. The number of benzene rings is 2. The van der Waals surface area contributed by atoms with Crippen LogP contribution >= 0.6 is 0 Å². The van der Waals surface area contributed by atoms with Crippen LogP contribution < -0.4 is 10.1 Å². The lowest BCUT2D eigenvalue weighted by Gasteiger charge is -2.18. The van der Waals surface area contributed by atoms with E-state index in [9.17, 15) is 14.4 Å². The summed E-state index contributed by atoms with van der Waals surface area (Å²) in [7, 11) is 1.33. The molecular weight excluding hydrogens is 458 g/mol. The van der Waals surface area contributed by atoms with Crippen LogP contribution in [0.3, 0.4) is 0 Å². The standard InChI is InChI=1S/C28H27N3O5/c1-35-28(34)20-10-11-24(29-14-20)23-9-5-8-19-12-22(36-27(19)23)15-30-25(32)17-31-16-21(13-26(31)33)18-6-3-2-4-7-18/h2-11,14,21-22H,12-13,15-17H2,1H3,(H,30,32)/t21-,22-/m0/s1. The fraction of sp³-hybridized carbons (Fsp3) is 0.286. The number of esters is 1. The first-order valence-electron chi connectivity index (χ1n) is 11.9. The number of nitrogens with one attached hydrogen (secondary N) is 1. The molecule has 0 unspecified atom stereocenters. The van der Waals surface area contributed by atoms with E-state index in [1.165, 1.54) is 13.3 Å². The molecule has 2 amide bonds. The molecule has 1 N–H and O–H groups in total. The molecule has 0 aliphatic carbocycles. The van der Waals surface area contributed by atoms with Gasteiger partial charge in [0.1, 0.15) is 11.9 Å². The second kappa shape index (κ2) is 10.2. The monoisotopic (exact) mass is 485 g/mol. The number of nitrogens with zero attached hydrogens (tertiary/aromatic N) is 2. The van der Waals surface area contributed by atoms with Crippen LogP contribution in [0.1, 0.15) is 33.8 Å². The molecule has 3 heterocycles. The van der Waals surface area contributed by atoms with Gasteiger partial charge in [0.25, 0.3) is 0 Å². The number of aromatic nitrogens is 1. The topological polar surface area (TPSA) is 97.8 Å². The molecular formula is C28H27N3O5. The minimum absolute atomic E-state index is 0.00103. The van der Waals surface area contributed by atoms with Crippen LogP contribution in [-0.2, 0) is 20.7 Å². The molecule has 1 aromatic heterocycles. The summed E-state index contributed by atoms with van der Waals surface area (Å²) in [6.07, 6.45) is 2.35. The smallest absolute Gasteiger partial charge is 0.339 e. The number of fused-ring (bicyclic) bond motifs is 1. The van der Waals surface area contributed by atoms with Crippen molar-refractivity contribution in [2.75, 3.05) is 26.7 Å². The molecule has 5 rings (SSSR count). The maximum absolute atomic E-state index is 12.6.